The standard InChI is InChI=1S/C21H22N8O2/c1-4-17-16(13-25-29(17)18-5-6-20(31-3)27-26-18)21(30)24-12-15-7-8-23-19(11-15)28-10-9-22-14(28)2/h5-11,13H,4,12H2,1-3H3,(H,24,30). The number of pyridine rings is 1. The average Bonchev–Trinajstić information content (AvgIpc) is 3.43. The van der Waals surface area contributed by atoms with Gasteiger partial charge in [-0.05, 0) is 37.1 Å². The van der Waals surface area contributed by atoms with E-state index < -0.39 is 0 Å². The number of nitrogens with zero attached hydrogens (tertiary/aromatic N) is 7. The van der Waals surface area contributed by atoms with E-state index in [4.69, 9.17) is 4.74 Å². The molecule has 0 saturated heterocycles. The average molecular weight is 418 g/mol. The molecule has 0 radical (unpaired) electrons. The second kappa shape index (κ2) is 8.74. The zero-order chi connectivity index (χ0) is 21.8. The van der Waals surface area contributed by atoms with Crippen LogP contribution in [0.25, 0.3) is 11.6 Å². The smallest absolute Gasteiger partial charge is 0.255 e. The van der Waals surface area contributed by atoms with E-state index in [2.05, 4.69) is 30.6 Å². The van der Waals surface area contributed by atoms with Crippen molar-refractivity contribution < 1.29 is 9.53 Å². The van der Waals surface area contributed by atoms with E-state index in [0.717, 1.165) is 22.9 Å². The van der Waals surface area contributed by atoms with Gasteiger partial charge in [0.1, 0.15) is 11.6 Å². The first-order chi connectivity index (χ1) is 15.1. The van der Waals surface area contributed by atoms with E-state index in [1.54, 1.807) is 35.4 Å². The summed E-state index contributed by atoms with van der Waals surface area (Å²) in [4.78, 5) is 21.5. The molecular weight excluding hydrogens is 396 g/mol. The summed E-state index contributed by atoms with van der Waals surface area (Å²) in [7, 11) is 1.53. The molecule has 31 heavy (non-hydrogen) atoms. The topological polar surface area (TPSA) is 113 Å². The van der Waals surface area contributed by atoms with E-state index in [1.807, 2.05) is 36.7 Å². The molecule has 0 bridgehead atoms. The molecule has 0 aromatic carbocycles. The highest BCUT2D eigenvalue weighted by atomic mass is 16.5. The molecule has 0 saturated carbocycles. The summed E-state index contributed by atoms with van der Waals surface area (Å²) in [6.45, 7) is 4.23. The van der Waals surface area contributed by atoms with Crippen molar-refractivity contribution in [2.45, 2.75) is 26.8 Å². The Morgan fingerprint density at radius 1 is 1.13 bits per heavy atom. The lowest BCUT2D eigenvalue weighted by atomic mass is 10.2. The van der Waals surface area contributed by atoms with Gasteiger partial charge in [0.05, 0.1) is 24.6 Å². The Bertz CT molecular complexity index is 1200. The van der Waals surface area contributed by atoms with E-state index >= 15 is 0 Å². The van der Waals surface area contributed by atoms with Crippen LogP contribution in [0.1, 0.15) is 34.4 Å². The van der Waals surface area contributed by atoms with Gasteiger partial charge in [0.25, 0.3) is 5.91 Å². The zero-order valence-electron chi connectivity index (χ0n) is 17.5. The molecule has 0 spiro atoms. The fraction of sp³-hybridized carbons (Fsp3) is 0.238. The maximum Gasteiger partial charge on any atom is 0.255 e. The fourth-order valence-electron chi connectivity index (χ4n) is 3.24. The van der Waals surface area contributed by atoms with Gasteiger partial charge in [0, 0.05) is 31.2 Å². The third-order valence-electron chi connectivity index (χ3n) is 4.84. The summed E-state index contributed by atoms with van der Waals surface area (Å²) in [5.41, 5.74) is 2.18. The summed E-state index contributed by atoms with van der Waals surface area (Å²) in [5.74, 6) is 2.32. The summed E-state index contributed by atoms with van der Waals surface area (Å²) < 4.78 is 8.55. The Balaban J connectivity index is 1.50. The number of hydrogen-bond acceptors (Lipinski definition) is 7. The van der Waals surface area contributed by atoms with E-state index in [1.165, 1.54) is 7.11 Å². The Morgan fingerprint density at radius 3 is 2.68 bits per heavy atom. The summed E-state index contributed by atoms with van der Waals surface area (Å²) in [6.07, 6.45) is 7.45. The maximum atomic E-state index is 12.9. The molecule has 1 N–H and O–H groups in total. The lowest BCUT2D eigenvalue weighted by Gasteiger charge is -2.09. The van der Waals surface area contributed by atoms with Crippen molar-refractivity contribution in [3.8, 4) is 17.5 Å². The summed E-state index contributed by atoms with van der Waals surface area (Å²) in [6, 6.07) is 7.24. The normalized spacial score (nSPS) is 10.8. The highest BCUT2D eigenvalue weighted by Gasteiger charge is 2.18. The van der Waals surface area contributed by atoms with Gasteiger partial charge in [-0.3, -0.25) is 9.36 Å². The zero-order valence-corrected chi connectivity index (χ0v) is 17.5. The van der Waals surface area contributed by atoms with Crippen molar-refractivity contribution in [3.05, 3.63) is 71.7 Å². The number of carbonyl (C=O) groups excluding carboxylic acids is 1. The van der Waals surface area contributed by atoms with Gasteiger partial charge in [-0.25, -0.2) is 14.6 Å². The number of rotatable bonds is 7. The third kappa shape index (κ3) is 4.13. The predicted molar refractivity (Wildman–Crippen MR) is 112 cm³/mol. The van der Waals surface area contributed by atoms with Gasteiger partial charge < -0.3 is 10.1 Å². The van der Waals surface area contributed by atoms with Crippen LogP contribution in [0.15, 0.2) is 49.1 Å². The monoisotopic (exact) mass is 418 g/mol. The molecule has 158 valence electrons. The number of aryl methyl sites for hydroxylation is 1. The fourth-order valence-corrected chi connectivity index (χ4v) is 3.24. The molecule has 0 atom stereocenters. The van der Waals surface area contributed by atoms with Crippen LogP contribution in [0.2, 0.25) is 0 Å². The minimum atomic E-state index is -0.207. The predicted octanol–water partition coefficient (Wildman–Crippen LogP) is 2.05. The second-order valence-electron chi connectivity index (χ2n) is 6.75. The van der Waals surface area contributed by atoms with Crippen LogP contribution < -0.4 is 10.1 Å². The Hall–Kier alpha value is -4.08. The molecule has 10 nitrogen and oxygen atoms in total. The number of imidazole rings is 1. The molecular formula is C21H22N8O2. The third-order valence-corrected chi connectivity index (χ3v) is 4.84. The van der Waals surface area contributed by atoms with Crippen molar-refractivity contribution in [2.75, 3.05) is 7.11 Å². The molecule has 4 aromatic rings. The van der Waals surface area contributed by atoms with Crippen LogP contribution in [0.3, 0.4) is 0 Å². The first kappa shape index (κ1) is 20.2. The molecule has 4 rings (SSSR count). The highest BCUT2D eigenvalue weighted by molar-refractivity contribution is 5.95. The van der Waals surface area contributed by atoms with Gasteiger partial charge in [0.2, 0.25) is 5.88 Å². The second-order valence-corrected chi connectivity index (χ2v) is 6.75. The van der Waals surface area contributed by atoms with Crippen LogP contribution in [0, 0.1) is 6.92 Å². The minimum absolute atomic E-state index is 0.207. The molecule has 1 amide bonds. The number of amides is 1. The van der Waals surface area contributed by atoms with Gasteiger partial charge in [-0.15, -0.1) is 10.2 Å². The van der Waals surface area contributed by atoms with Crippen LogP contribution in [-0.4, -0.2) is 47.5 Å². The van der Waals surface area contributed by atoms with Crippen molar-refractivity contribution in [3.63, 3.8) is 0 Å². The number of carbonyl (C=O) groups is 1. The van der Waals surface area contributed by atoms with Crippen LogP contribution >= 0.6 is 0 Å². The van der Waals surface area contributed by atoms with Gasteiger partial charge >= 0.3 is 0 Å². The quantitative estimate of drug-likeness (QED) is 0.489. The van der Waals surface area contributed by atoms with E-state index in [9.17, 15) is 4.79 Å². The number of hydrogen-bond donors (Lipinski definition) is 1. The SMILES string of the molecule is CCc1c(C(=O)NCc2ccnc(-n3ccnc3C)c2)cnn1-c1ccc(OC)nn1. The molecule has 0 fully saturated rings. The maximum absolute atomic E-state index is 12.9. The Labute approximate surface area is 178 Å². The first-order valence-electron chi connectivity index (χ1n) is 9.79. The Morgan fingerprint density at radius 2 is 2.00 bits per heavy atom. The summed E-state index contributed by atoms with van der Waals surface area (Å²) >= 11 is 0. The van der Waals surface area contributed by atoms with E-state index in [0.29, 0.717) is 30.2 Å². The number of aromatic nitrogens is 7. The molecule has 4 heterocycles. The molecule has 0 aliphatic rings. The Kier molecular flexibility index (Phi) is 5.69. The van der Waals surface area contributed by atoms with Crippen molar-refractivity contribution >= 4 is 5.91 Å². The molecule has 0 aliphatic carbocycles. The van der Waals surface area contributed by atoms with Gasteiger partial charge in [0.15, 0.2) is 5.82 Å². The molecule has 10 heteroatoms. The number of ether oxygens (including phenoxy) is 1. The van der Waals surface area contributed by atoms with Crippen LogP contribution in [0.4, 0.5) is 0 Å². The van der Waals surface area contributed by atoms with Crippen molar-refractivity contribution in [1.82, 2.24) is 39.8 Å². The number of nitrogens with one attached hydrogen (secondary N) is 1. The largest absolute Gasteiger partial charge is 0.480 e. The van der Waals surface area contributed by atoms with Gasteiger partial charge in [-0.2, -0.15) is 5.10 Å². The minimum Gasteiger partial charge on any atom is -0.480 e. The van der Waals surface area contributed by atoms with Crippen molar-refractivity contribution in [1.29, 1.82) is 0 Å². The summed E-state index contributed by atoms with van der Waals surface area (Å²) in [5, 5.41) is 15.4. The lowest BCUT2D eigenvalue weighted by molar-refractivity contribution is 0.0950. The molecule has 0 unspecified atom stereocenters. The van der Waals surface area contributed by atoms with Crippen LogP contribution in [-0.2, 0) is 13.0 Å². The van der Waals surface area contributed by atoms with Gasteiger partial charge in [-0.1, -0.05) is 6.92 Å². The highest BCUT2D eigenvalue weighted by Crippen LogP contribution is 2.16. The van der Waals surface area contributed by atoms with Crippen LogP contribution in [0.5, 0.6) is 5.88 Å². The number of methoxy groups -OCH3 is 1. The van der Waals surface area contributed by atoms with Crippen molar-refractivity contribution in [2.24, 2.45) is 0 Å². The molecule has 4 aromatic heterocycles. The lowest BCUT2D eigenvalue weighted by Crippen LogP contribution is -2.24. The first-order valence-corrected chi connectivity index (χ1v) is 9.79. The molecule has 0 aliphatic heterocycles. The van der Waals surface area contributed by atoms with E-state index in [-0.39, 0.29) is 5.91 Å².